The van der Waals surface area contributed by atoms with Gasteiger partial charge in [-0.15, -0.1) is 11.3 Å². The highest BCUT2D eigenvalue weighted by molar-refractivity contribution is 7.14. The number of carbonyl (C=O) groups excluding carboxylic acids is 2. The number of pyridine rings is 1. The number of benzene rings is 1. The van der Waals surface area contributed by atoms with Crippen LogP contribution in [0, 0.1) is 5.82 Å². The average molecular weight is 428 g/mol. The molecular formula is C21H22FN5O2S. The van der Waals surface area contributed by atoms with Gasteiger partial charge in [-0.1, -0.05) is 6.42 Å². The summed E-state index contributed by atoms with van der Waals surface area (Å²) in [6, 6.07) is 7.57. The fraction of sp³-hybridized carbons (Fsp3) is 0.238. The molecule has 9 heteroatoms. The summed E-state index contributed by atoms with van der Waals surface area (Å²) in [7, 11) is 0. The van der Waals surface area contributed by atoms with Gasteiger partial charge in [-0.3, -0.25) is 14.6 Å². The Kier molecular flexibility index (Phi) is 7.45. The summed E-state index contributed by atoms with van der Waals surface area (Å²) < 4.78 is 13.0. The van der Waals surface area contributed by atoms with Gasteiger partial charge in [0.25, 0.3) is 0 Å². The first-order valence-corrected chi connectivity index (χ1v) is 10.4. The van der Waals surface area contributed by atoms with E-state index in [0.717, 1.165) is 23.7 Å². The van der Waals surface area contributed by atoms with Gasteiger partial charge in [0, 0.05) is 36.2 Å². The van der Waals surface area contributed by atoms with Gasteiger partial charge in [-0.2, -0.15) is 0 Å². The van der Waals surface area contributed by atoms with Gasteiger partial charge < -0.3 is 16.4 Å². The predicted octanol–water partition coefficient (Wildman–Crippen LogP) is 4.45. The Morgan fingerprint density at radius 2 is 1.70 bits per heavy atom. The minimum Gasteiger partial charge on any atom is -0.397 e. The summed E-state index contributed by atoms with van der Waals surface area (Å²) >= 11 is 1.37. The Bertz CT molecular complexity index is 1010. The number of hydrogen-bond donors (Lipinski definition) is 3. The number of amides is 2. The molecule has 0 unspecified atom stereocenters. The fourth-order valence-corrected chi connectivity index (χ4v) is 3.51. The van der Waals surface area contributed by atoms with Crippen LogP contribution in [0.25, 0.3) is 11.3 Å². The molecule has 4 N–H and O–H groups in total. The van der Waals surface area contributed by atoms with Crippen LogP contribution >= 0.6 is 11.3 Å². The lowest BCUT2D eigenvalue weighted by atomic mass is 10.1. The minimum atomic E-state index is -0.449. The lowest BCUT2D eigenvalue weighted by molar-refractivity contribution is -0.116. The predicted molar refractivity (Wildman–Crippen MR) is 117 cm³/mol. The van der Waals surface area contributed by atoms with E-state index in [9.17, 15) is 14.0 Å². The van der Waals surface area contributed by atoms with E-state index in [1.807, 2.05) is 17.5 Å². The third-order valence-electron chi connectivity index (χ3n) is 4.32. The van der Waals surface area contributed by atoms with Crippen molar-refractivity contribution in [3.63, 3.8) is 0 Å². The third-order valence-corrected chi connectivity index (χ3v) is 5.08. The summed E-state index contributed by atoms with van der Waals surface area (Å²) in [5, 5.41) is 7.91. The largest absolute Gasteiger partial charge is 0.397 e. The van der Waals surface area contributed by atoms with E-state index in [1.165, 1.54) is 23.5 Å². The fourth-order valence-electron chi connectivity index (χ4n) is 2.78. The number of nitrogens with zero attached hydrogens (tertiary/aromatic N) is 2. The van der Waals surface area contributed by atoms with Crippen molar-refractivity contribution in [1.82, 2.24) is 9.97 Å². The van der Waals surface area contributed by atoms with Gasteiger partial charge in [0.1, 0.15) is 5.82 Å². The molecule has 0 saturated heterocycles. The highest BCUT2D eigenvalue weighted by atomic mass is 32.1. The van der Waals surface area contributed by atoms with Crippen LogP contribution in [0.15, 0.2) is 48.1 Å². The van der Waals surface area contributed by atoms with E-state index in [2.05, 4.69) is 20.6 Å². The quantitative estimate of drug-likeness (QED) is 0.345. The number of nitrogens with one attached hydrogen (secondary N) is 2. The Labute approximate surface area is 177 Å². The topological polar surface area (TPSA) is 110 Å². The number of nitrogen functional groups attached to an aromatic ring is 1. The van der Waals surface area contributed by atoms with Gasteiger partial charge in [-0.25, -0.2) is 9.37 Å². The van der Waals surface area contributed by atoms with Gasteiger partial charge in [-0.05, 0) is 43.2 Å². The van der Waals surface area contributed by atoms with Crippen LogP contribution < -0.4 is 16.4 Å². The minimum absolute atomic E-state index is 0.103. The van der Waals surface area contributed by atoms with Gasteiger partial charge in [0.05, 0.1) is 17.1 Å². The molecular weight excluding hydrogens is 405 g/mol. The molecule has 156 valence electrons. The monoisotopic (exact) mass is 427 g/mol. The number of thiazole rings is 1. The van der Waals surface area contributed by atoms with E-state index in [4.69, 9.17) is 5.73 Å². The van der Waals surface area contributed by atoms with E-state index < -0.39 is 5.82 Å². The molecule has 3 rings (SSSR count). The zero-order valence-electron chi connectivity index (χ0n) is 16.2. The maximum atomic E-state index is 13.0. The summed E-state index contributed by atoms with van der Waals surface area (Å²) in [5.41, 5.74) is 8.00. The standard InChI is InChI=1S/C21H22FN5O2S/c22-15-6-7-17(16(23)12-15)25-19(28)4-2-1-3-5-20(29)27-21-26-18(13-30-21)14-8-10-24-11-9-14/h6-13H,1-5,23H2,(H,25,28)(H,26,27,29). The molecule has 2 aromatic heterocycles. The second-order valence-electron chi connectivity index (χ2n) is 6.66. The molecule has 0 fully saturated rings. The highest BCUT2D eigenvalue weighted by Crippen LogP contribution is 2.24. The lowest BCUT2D eigenvalue weighted by Gasteiger charge is -2.08. The van der Waals surface area contributed by atoms with Gasteiger partial charge in [0.15, 0.2) is 5.13 Å². The molecule has 2 amide bonds. The second-order valence-corrected chi connectivity index (χ2v) is 7.52. The molecule has 7 nitrogen and oxygen atoms in total. The van der Waals surface area contributed by atoms with Crippen LogP contribution in [0.1, 0.15) is 32.1 Å². The second kappa shape index (κ2) is 10.4. The number of unbranched alkanes of at least 4 members (excludes halogenated alkanes) is 2. The lowest BCUT2D eigenvalue weighted by Crippen LogP contribution is -2.13. The molecule has 0 bridgehead atoms. The molecule has 0 radical (unpaired) electrons. The number of anilines is 3. The highest BCUT2D eigenvalue weighted by Gasteiger charge is 2.09. The molecule has 0 atom stereocenters. The molecule has 30 heavy (non-hydrogen) atoms. The average Bonchev–Trinajstić information content (AvgIpc) is 3.19. The van der Waals surface area contributed by atoms with E-state index >= 15 is 0 Å². The zero-order valence-corrected chi connectivity index (χ0v) is 17.0. The van der Waals surface area contributed by atoms with Crippen molar-refractivity contribution in [3.8, 4) is 11.3 Å². The number of carbonyl (C=O) groups is 2. The summed E-state index contributed by atoms with van der Waals surface area (Å²) in [5.74, 6) is -0.742. The van der Waals surface area contributed by atoms with Crippen LogP contribution in [0.5, 0.6) is 0 Å². The van der Waals surface area contributed by atoms with Crippen molar-refractivity contribution in [2.24, 2.45) is 0 Å². The van der Waals surface area contributed by atoms with Crippen molar-refractivity contribution in [3.05, 3.63) is 53.9 Å². The molecule has 0 saturated carbocycles. The first-order valence-electron chi connectivity index (χ1n) is 9.52. The van der Waals surface area contributed by atoms with Crippen molar-refractivity contribution in [2.45, 2.75) is 32.1 Å². The molecule has 0 aliphatic rings. The van der Waals surface area contributed by atoms with E-state index in [1.54, 1.807) is 12.4 Å². The van der Waals surface area contributed by atoms with E-state index in [-0.39, 0.29) is 17.5 Å². The first kappa shape index (κ1) is 21.4. The SMILES string of the molecule is Nc1cc(F)ccc1NC(=O)CCCCCC(=O)Nc1nc(-c2ccncc2)cs1. The summed E-state index contributed by atoms with van der Waals surface area (Å²) in [6.45, 7) is 0. The molecule has 2 heterocycles. The van der Waals surface area contributed by atoms with Crippen LogP contribution in [-0.2, 0) is 9.59 Å². The van der Waals surface area contributed by atoms with Crippen LogP contribution in [0.4, 0.5) is 20.9 Å². The first-order chi connectivity index (χ1) is 14.5. The van der Waals surface area contributed by atoms with Crippen molar-refractivity contribution >= 4 is 39.7 Å². The molecule has 0 aliphatic carbocycles. The molecule has 1 aromatic carbocycles. The molecule has 0 aliphatic heterocycles. The van der Waals surface area contributed by atoms with Crippen LogP contribution in [-0.4, -0.2) is 21.8 Å². The molecule has 3 aromatic rings. The summed E-state index contributed by atoms with van der Waals surface area (Å²) in [4.78, 5) is 32.4. The number of nitrogens with two attached hydrogens (primary N) is 1. The van der Waals surface area contributed by atoms with E-state index in [0.29, 0.717) is 36.5 Å². The van der Waals surface area contributed by atoms with Crippen molar-refractivity contribution in [2.75, 3.05) is 16.4 Å². The zero-order chi connectivity index (χ0) is 21.3. The third kappa shape index (κ3) is 6.35. The van der Waals surface area contributed by atoms with Gasteiger partial charge >= 0.3 is 0 Å². The Morgan fingerprint density at radius 3 is 2.40 bits per heavy atom. The van der Waals surface area contributed by atoms with Crippen molar-refractivity contribution in [1.29, 1.82) is 0 Å². The van der Waals surface area contributed by atoms with Gasteiger partial charge in [0.2, 0.25) is 11.8 Å². The summed E-state index contributed by atoms with van der Waals surface area (Å²) in [6.07, 6.45) is 6.10. The van der Waals surface area contributed by atoms with Crippen LogP contribution in [0.3, 0.4) is 0 Å². The Balaban J connectivity index is 1.33. The maximum Gasteiger partial charge on any atom is 0.226 e. The maximum absolute atomic E-state index is 13.0. The smallest absolute Gasteiger partial charge is 0.226 e. The number of rotatable bonds is 9. The normalized spacial score (nSPS) is 10.6. The number of aromatic nitrogens is 2. The molecule has 0 spiro atoms. The Hall–Kier alpha value is -3.33. The number of hydrogen-bond acceptors (Lipinski definition) is 6. The Morgan fingerprint density at radius 1 is 1.00 bits per heavy atom. The number of halogens is 1. The van der Waals surface area contributed by atoms with Crippen molar-refractivity contribution < 1.29 is 14.0 Å². The van der Waals surface area contributed by atoms with Crippen LogP contribution in [0.2, 0.25) is 0 Å².